The van der Waals surface area contributed by atoms with Crippen LogP contribution in [0.4, 0.5) is 5.69 Å². The van der Waals surface area contributed by atoms with E-state index in [4.69, 9.17) is 10.5 Å². The summed E-state index contributed by atoms with van der Waals surface area (Å²) in [6.07, 6.45) is -0.810. The molecule has 0 radical (unpaired) electrons. The molecule has 0 aliphatic carbocycles. The maximum atomic E-state index is 12.6. The van der Waals surface area contributed by atoms with Crippen molar-refractivity contribution in [1.29, 1.82) is 0 Å². The molecule has 1 aliphatic heterocycles. The molecule has 6 nitrogen and oxygen atoms in total. The Morgan fingerprint density at radius 1 is 1.48 bits per heavy atom. The van der Waals surface area contributed by atoms with Gasteiger partial charge >= 0.3 is 0 Å². The van der Waals surface area contributed by atoms with Crippen molar-refractivity contribution < 1.29 is 14.3 Å². The van der Waals surface area contributed by atoms with Crippen LogP contribution in [0.3, 0.4) is 0 Å². The average molecular weight is 291 g/mol. The van der Waals surface area contributed by atoms with Crippen LogP contribution in [-0.4, -0.2) is 37.6 Å². The Morgan fingerprint density at radius 2 is 2.19 bits per heavy atom. The van der Waals surface area contributed by atoms with E-state index in [1.165, 1.54) is 0 Å². The monoisotopic (exact) mass is 291 g/mol. The Labute approximate surface area is 124 Å². The molecule has 0 fully saturated rings. The summed E-state index contributed by atoms with van der Waals surface area (Å²) in [6, 6.07) is 7.18. The van der Waals surface area contributed by atoms with Gasteiger partial charge in [0.2, 0.25) is 5.91 Å². The molecule has 2 atom stereocenters. The molecule has 6 heteroatoms. The summed E-state index contributed by atoms with van der Waals surface area (Å²) in [6.45, 7) is 5.41. The van der Waals surface area contributed by atoms with Gasteiger partial charge in [0.1, 0.15) is 5.75 Å². The van der Waals surface area contributed by atoms with Crippen LogP contribution < -0.4 is 20.7 Å². The largest absolute Gasteiger partial charge is 0.477 e. The lowest BCUT2D eigenvalue weighted by Crippen LogP contribution is -2.51. The smallest absolute Gasteiger partial charge is 0.260 e. The zero-order chi connectivity index (χ0) is 15.4. The maximum Gasteiger partial charge on any atom is 0.260 e. The second-order valence-electron chi connectivity index (χ2n) is 5.13. The highest BCUT2D eigenvalue weighted by atomic mass is 16.5. The summed E-state index contributed by atoms with van der Waals surface area (Å²) in [5, 5.41) is 3.16. The standard InChI is InChI=1S/C15H21N3O3/c1-3-17-8-10(2)15(20)18-9-13(14(16)19)21-12-7-5-4-6-11(12)18/h4-7,10,13,17H,3,8-9H2,1-2H3,(H2,16,19). The molecule has 3 N–H and O–H groups in total. The molecule has 1 heterocycles. The minimum atomic E-state index is -0.810. The van der Waals surface area contributed by atoms with Gasteiger partial charge in [-0.25, -0.2) is 0 Å². The van der Waals surface area contributed by atoms with E-state index < -0.39 is 12.0 Å². The Kier molecular flexibility index (Phi) is 4.80. The Morgan fingerprint density at radius 3 is 2.86 bits per heavy atom. The number of benzene rings is 1. The lowest BCUT2D eigenvalue weighted by atomic mass is 10.1. The number of hydrogen-bond acceptors (Lipinski definition) is 4. The highest BCUT2D eigenvalue weighted by molar-refractivity contribution is 5.98. The van der Waals surface area contributed by atoms with Gasteiger partial charge in [0.05, 0.1) is 12.2 Å². The van der Waals surface area contributed by atoms with Crippen molar-refractivity contribution in [2.45, 2.75) is 20.0 Å². The molecule has 0 spiro atoms. The third-order valence-corrected chi connectivity index (χ3v) is 3.48. The first-order valence-electron chi connectivity index (χ1n) is 7.11. The van der Waals surface area contributed by atoms with E-state index in [2.05, 4.69) is 5.32 Å². The molecule has 114 valence electrons. The third kappa shape index (κ3) is 3.33. The number of carbonyl (C=O) groups excluding carboxylic acids is 2. The maximum absolute atomic E-state index is 12.6. The minimum Gasteiger partial charge on any atom is -0.477 e. The van der Waals surface area contributed by atoms with E-state index in [0.29, 0.717) is 18.0 Å². The fourth-order valence-corrected chi connectivity index (χ4v) is 2.31. The molecule has 2 unspecified atom stereocenters. The first kappa shape index (κ1) is 15.3. The third-order valence-electron chi connectivity index (χ3n) is 3.48. The van der Waals surface area contributed by atoms with Crippen LogP contribution in [0.25, 0.3) is 0 Å². The van der Waals surface area contributed by atoms with Crippen LogP contribution in [-0.2, 0) is 9.59 Å². The lowest BCUT2D eigenvalue weighted by Gasteiger charge is -2.35. The number of rotatable bonds is 5. The number of carbonyl (C=O) groups is 2. The highest BCUT2D eigenvalue weighted by Crippen LogP contribution is 2.33. The number of para-hydroxylation sites is 2. The van der Waals surface area contributed by atoms with Crippen LogP contribution in [0, 0.1) is 5.92 Å². The zero-order valence-electron chi connectivity index (χ0n) is 12.3. The van der Waals surface area contributed by atoms with Gasteiger partial charge in [-0.15, -0.1) is 0 Å². The number of fused-ring (bicyclic) bond motifs is 1. The fraction of sp³-hybridized carbons (Fsp3) is 0.467. The van der Waals surface area contributed by atoms with Gasteiger partial charge in [-0.05, 0) is 18.7 Å². The lowest BCUT2D eigenvalue weighted by molar-refractivity contribution is -0.126. The second-order valence-corrected chi connectivity index (χ2v) is 5.13. The summed E-state index contributed by atoms with van der Waals surface area (Å²) < 4.78 is 5.55. The molecule has 2 rings (SSSR count). The van der Waals surface area contributed by atoms with Crippen molar-refractivity contribution in [3.8, 4) is 5.75 Å². The topological polar surface area (TPSA) is 84.7 Å². The highest BCUT2D eigenvalue weighted by Gasteiger charge is 2.34. The normalized spacial score (nSPS) is 18.6. The van der Waals surface area contributed by atoms with Crippen molar-refractivity contribution >= 4 is 17.5 Å². The van der Waals surface area contributed by atoms with Crippen LogP contribution in [0.2, 0.25) is 0 Å². The van der Waals surface area contributed by atoms with Crippen LogP contribution >= 0.6 is 0 Å². The van der Waals surface area contributed by atoms with Gasteiger partial charge in [0.15, 0.2) is 6.10 Å². The quantitative estimate of drug-likeness (QED) is 0.828. The van der Waals surface area contributed by atoms with E-state index >= 15 is 0 Å². The predicted molar refractivity (Wildman–Crippen MR) is 80.1 cm³/mol. The van der Waals surface area contributed by atoms with Crippen molar-refractivity contribution in [2.75, 3.05) is 24.5 Å². The number of nitrogens with one attached hydrogen (secondary N) is 1. The Balaban J connectivity index is 2.24. The zero-order valence-corrected chi connectivity index (χ0v) is 12.3. The first-order valence-corrected chi connectivity index (χ1v) is 7.11. The molecule has 0 saturated heterocycles. The minimum absolute atomic E-state index is 0.0436. The number of hydrogen-bond donors (Lipinski definition) is 2. The van der Waals surface area contributed by atoms with Gasteiger partial charge < -0.3 is 20.7 Å². The predicted octanol–water partition coefficient (Wildman–Crippen LogP) is 0.511. The Bertz CT molecular complexity index is 533. The van der Waals surface area contributed by atoms with Crippen LogP contribution in [0.1, 0.15) is 13.8 Å². The molecule has 0 aromatic heterocycles. The summed E-state index contributed by atoms with van der Waals surface area (Å²) in [7, 11) is 0. The second kappa shape index (κ2) is 6.58. The van der Waals surface area contributed by atoms with Gasteiger partial charge in [-0.3, -0.25) is 9.59 Å². The Hall–Kier alpha value is -2.08. The van der Waals surface area contributed by atoms with Crippen molar-refractivity contribution in [1.82, 2.24) is 5.32 Å². The van der Waals surface area contributed by atoms with E-state index in [1.807, 2.05) is 26.0 Å². The summed E-state index contributed by atoms with van der Waals surface area (Å²) in [4.78, 5) is 25.6. The van der Waals surface area contributed by atoms with Crippen LogP contribution in [0.15, 0.2) is 24.3 Å². The molecule has 21 heavy (non-hydrogen) atoms. The number of nitrogens with two attached hydrogens (primary N) is 1. The molecular formula is C15H21N3O3. The van der Waals surface area contributed by atoms with Gasteiger partial charge in [-0.1, -0.05) is 26.0 Å². The average Bonchev–Trinajstić information content (AvgIpc) is 2.50. The number of amides is 2. The molecule has 1 aromatic rings. The molecule has 1 aliphatic rings. The number of anilines is 1. The molecular weight excluding hydrogens is 270 g/mol. The van der Waals surface area contributed by atoms with Gasteiger partial charge in [0.25, 0.3) is 5.91 Å². The molecule has 2 amide bonds. The van der Waals surface area contributed by atoms with Gasteiger partial charge in [-0.2, -0.15) is 0 Å². The first-order chi connectivity index (χ1) is 10.0. The molecule has 0 saturated carbocycles. The van der Waals surface area contributed by atoms with Crippen molar-refractivity contribution in [3.63, 3.8) is 0 Å². The van der Waals surface area contributed by atoms with E-state index in [-0.39, 0.29) is 18.4 Å². The van der Waals surface area contributed by atoms with Crippen LogP contribution in [0.5, 0.6) is 5.75 Å². The molecule has 1 aromatic carbocycles. The summed E-state index contributed by atoms with van der Waals surface area (Å²) >= 11 is 0. The number of ether oxygens (including phenoxy) is 1. The van der Waals surface area contributed by atoms with Gasteiger partial charge in [0, 0.05) is 12.5 Å². The van der Waals surface area contributed by atoms with E-state index in [9.17, 15) is 9.59 Å². The number of nitrogens with zero attached hydrogens (tertiary/aromatic N) is 1. The summed E-state index contributed by atoms with van der Waals surface area (Å²) in [5.41, 5.74) is 6.01. The van der Waals surface area contributed by atoms with Crippen molar-refractivity contribution in [3.05, 3.63) is 24.3 Å². The van der Waals surface area contributed by atoms with E-state index in [1.54, 1.807) is 17.0 Å². The van der Waals surface area contributed by atoms with Crippen molar-refractivity contribution in [2.24, 2.45) is 11.7 Å². The fourth-order valence-electron chi connectivity index (χ4n) is 2.31. The molecule has 0 bridgehead atoms. The number of primary amides is 1. The SMILES string of the molecule is CCNCC(C)C(=O)N1CC(C(N)=O)Oc2ccccc21. The van der Waals surface area contributed by atoms with E-state index in [0.717, 1.165) is 6.54 Å². The summed E-state index contributed by atoms with van der Waals surface area (Å²) in [5.74, 6) is -0.291.